The molecule has 0 bridgehead atoms. The maximum absolute atomic E-state index is 11.6. The van der Waals surface area contributed by atoms with Crippen LogP contribution >= 0.6 is 0 Å². The van der Waals surface area contributed by atoms with Crippen molar-refractivity contribution in [2.24, 2.45) is 0 Å². The molecular formula is C24H30N2O4. The molecule has 2 atom stereocenters. The Morgan fingerprint density at radius 3 is 1.33 bits per heavy atom. The minimum Gasteiger partial charge on any atom is -0.456 e. The largest absolute Gasteiger partial charge is 0.456 e. The van der Waals surface area contributed by atoms with Crippen LogP contribution < -0.4 is 0 Å². The van der Waals surface area contributed by atoms with Gasteiger partial charge in [0, 0.05) is 53.1 Å². The lowest BCUT2D eigenvalue weighted by molar-refractivity contribution is -0.149. The molecule has 2 aromatic rings. The van der Waals surface area contributed by atoms with E-state index in [9.17, 15) is 9.59 Å². The van der Waals surface area contributed by atoms with Crippen LogP contribution in [0.25, 0.3) is 0 Å². The summed E-state index contributed by atoms with van der Waals surface area (Å²) < 4.78 is 11.2. The maximum atomic E-state index is 11.6. The smallest absolute Gasteiger partial charge is 0.303 e. The van der Waals surface area contributed by atoms with E-state index in [2.05, 4.69) is 9.80 Å². The standard InChI is InChI=1S/C24H30N2O4/c1-19(27)29-23(21-9-5-3-6-10-21)17-25-13-15-26(16-14-25)18-24(30-20(2)28)22-11-7-4-8-12-22/h3-12,23-24H,13-18H2,1-2H3. The summed E-state index contributed by atoms with van der Waals surface area (Å²) in [4.78, 5) is 27.8. The summed E-state index contributed by atoms with van der Waals surface area (Å²) in [6, 6.07) is 19.7. The van der Waals surface area contributed by atoms with E-state index >= 15 is 0 Å². The summed E-state index contributed by atoms with van der Waals surface area (Å²) in [7, 11) is 0. The van der Waals surface area contributed by atoms with Gasteiger partial charge < -0.3 is 9.47 Å². The molecule has 0 aromatic heterocycles. The van der Waals surface area contributed by atoms with E-state index in [0.717, 1.165) is 37.3 Å². The topological polar surface area (TPSA) is 59.1 Å². The van der Waals surface area contributed by atoms with Crippen LogP contribution in [0.15, 0.2) is 60.7 Å². The SMILES string of the molecule is CC(=O)OC(CN1CCN(CC(OC(C)=O)c2ccccc2)CC1)c1ccccc1. The van der Waals surface area contributed by atoms with Gasteiger partial charge in [0.05, 0.1) is 0 Å². The Morgan fingerprint density at radius 1 is 0.700 bits per heavy atom. The van der Waals surface area contributed by atoms with Crippen molar-refractivity contribution in [1.29, 1.82) is 0 Å². The summed E-state index contributed by atoms with van der Waals surface area (Å²) >= 11 is 0. The molecule has 30 heavy (non-hydrogen) atoms. The third kappa shape index (κ3) is 6.68. The number of esters is 2. The molecule has 0 amide bonds. The highest BCUT2D eigenvalue weighted by atomic mass is 16.5. The van der Waals surface area contributed by atoms with Crippen molar-refractivity contribution in [3.63, 3.8) is 0 Å². The number of carbonyl (C=O) groups is 2. The number of nitrogens with zero attached hydrogens (tertiary/aromatic N) is 2. The van der Waals surface area contributed by atoms with Crippen molar-refractivity contribution in [1.82, 2.24) is 9.80 Å². The molecule has 1 heterocycles. The van der Waals surface area contributed by atoms with E-state index < -0.39 is 0 Å². The Bertz CT molecular complexity index is 735. The summed E-state index contributed by atoms with van der Waals surface area (Å²) in [5, 5.41) is 0. The Labute approximate surface area is 178 Å². The van der Waals surface area contributed by atoms with Crippen molar-refractivity contribution in [3.8, 4) is 0 Å². The molecule has 0 N–H and O–H groups in total. The summed E-state index contributed by atoms with van der Waals surface area (Å²) in [6.07, 6.45) is -0.540. The first-order chi connectivity index (χ1) is 14.5. The summed E-state index contributed by atoms with van der Waals surface area (Å²) in [5.41, 5.74) is 2.02. The highest BCUT2D eigenvalue weighted by Crippen LogP contribution is 2.22. The lowest BCUT2D eigenvalue weighted by Gasteiger charge is -2.37. The van der Waals surface area contributed by atoms with Gasteiger partial charge >= 0.3 is 11.9 Å². The number of carbonyl (C=O) groups excluding carboxylic acids is 2. The fourth-order valence-corrected chi connectivity index (χ4v) is 3.78. The molecule has 2 aromatic carbocycles. The first-order valence-electron chi connectivity index (χ1n) is 10.4. The summed E-state index contributed by atoms with van der Waals surface area (Å²) in [5.74, 6) is -0.538. The molecule has 0 saturated carbocycles. The average molecular weight is 411 g/mol. The van der Waals surface area contributed by atoms with Crippen LogP contribution in [-0.2, 0) is 19.1 Å². The van der Waals surface area contributed by atoms with E-state index in [-0.39, 0.29) is 24.1 Å². The summed E-state index contributed by atoms with van der Waals surface area (Å²) in [6.45, 7) is 7.71. The van der Waals surface area contributed by atoms with Crippen LogP contribution in [0.3, 0.4) is 0 Å². The molecule has 0 aliphatic carbocycles. The number of benzene rings is 2. The minimum absolute atomic E-state index is 0.269. The van der Waals surface area contributed by atoms with Crippen LogP contribution in [-0.4, -0.2) is 61.0 Å². The number of hydrogen-bond acceptors (Lipinski definition) is 6. The second-order valence-electron chi connectivity index (χ2n) is 7.62. The number of piperazine rings is 1. The van der Waals surface area contributed by atoms with Gasteiger partial charge in [0.1, 0.15) is 12.2 Å². The Hall–Kier alpha value is -2.70. The van der Waals surface area contributed by atoms with Gasteiger partial charge in [-0.25, -0.2) is 0 Å². The van der Waals surface area contributed by atoms with Gasteiger partial charge in [-0.15, -0.1) is 0 Å². The normalized spacial score (nSPS) is 17.1. The van der Waals surface area contributed by atoms with Gasteiger partial charge in [-0.3, -0.25) is 19.4 Å². The van der Waals surface area contributed by atoms with E-state index in [4.69, 9.17) is 9.47 Å². The Balaban J connectivity index is 1.56. The molecule has 2 unspecified atom stereocenters. The number of rotatable bonds is 8. The number of ether oxygens (including phenoxy) is 2. The van der Waals surface area contributed by atoms with Crippen LogP contribution in [0, 0.1) is 0 Å². The molecule has 160 valence electrons. The van der Waals surface area contributed by atoms with E-state index in [1.807, 2.05) is 60.7 Å². The predicted molar refractivity (Wildman–Crippen MR) is 115 cm³/mol. The van der Waals surface area contributed by atoms with Crippen molar-refractivity contribution in [3.05, 3.63) is 71.8 Å². The molecule has 6 nitrogen and oxygen atoms in total. The third-order valence-electron chi connectivity index (χ3n) is 5.27. The molecular weight excluding hydrogens is 380 g/mol. The molecule has 0 radical (unpaired) electrons. The average Bonchev–Trinajstić information content (AvgIpc) is 2.75. The zero-order chi connectivity index (χ0) is 21.3. The van der Waals surface area contributed by atoms with Gasteiger partial charge in [0.2, 0.25) is 0 Å². The molecule has 0 spiro atoms. The lowest BCUT2D eigenvalue weighted by atomic mass is 10.1. The predicted octanol–water partition coefficient (Wildman–Crippen LogP) is 3.21. The van der Waals surface area contributed by atoms with Gasteiger partial charge in [0.15, 0.2) is 0 Å². The van der Waals surface area contributed by atoms with E-state index in [0.29, 0.717) is 13.1 Å². The van der Waals surface area contributed by atoms with E-state index in [1.54, 1.807) is 0 Å². The van der Waals surface area contributed by atoms with Gasteiger partial charge in [-0.05, 0) is 11.1 Å². The molecule has 1 aliphatic heterocycles. The van der Waals surface area contributed by atoms with Crippen molar-refractivity contribution in [2.75, 3.05) is 39.3 Å². The Morgan fingerprint density at radius 2 is 1.03 bits per heavy atom. The van der Waals surface area contributed by atoms with Crippen molar-refractivity contribution in [2.45, 2.75) is 26.1 Å². The van der Waals surface area contributed by atoms with Gasteiger partial charge in [-0.1, -0.05) is 60.7 Å². The van der Waals surface area contributed by atoms with E-state index in [1.165, 1.54) is 13.8 Å². The lowest BCUT2D eigenvalue weighted by Crippen LogP contribution is -2.49. The van der Waals surface area contributed by atoms with Crippen LogP contribution in [0.1, 0.15) is 37.2 Å². The Kier molecular flexibility index (Phi) is 7.99. The zero-order valence-corrected chi connectivity index (χ0v) is 17.7. The first kappa shape index (κ1) is 22.0. The fourth-order valence-electron chi connectivity index (χ4n) is 3.78. The molecule has 1 fully saturated rings. The van der Waals surface area contributed by atoms with Crippen LogP contribution in [0.5, 0.6) is 0 Å². The maximum Gasteiger partial charge on any atom is 0.303 e. The zero-order valence-electron chi connectivity index (χ0n) is 17.7. The quantitative estimate of drug-likeness (QED) is 0.623. The highest BCUT2D eigenvalue weighted by molar-refractivity contribution is 5.66. The minimum atomic E-state index is -0.270. The van der Waals surface area contributed by atoms with Gasteiger partial charge in [0.25, 0.3) is 0 Å². The molecule has 6 heteroatoms. The van der Waals surface area contributed by atoms with Crippen LogP contribution in [0.2, 0.25) is 0 Å². The monoisotopic (exact) mass is 410 g/mol. The molecule has 3 rings (SSSR count). The molecule has 1 saturated heterocycles. The fraction of sp³-hybridized carbons (Fsp3) is 0.417. The second-order valence-corrected chi connectivity index (χ2v) is 7.62. The highest BCUT2D eigenvalue weighted by Gasteiger charge is 2.25. The molecule has 1 aliphatic rings. The first-order valence-corrected chi connectivity index (χ1v) is 10.4. The van der Waals surface area contributed by atoms with Crippen molar-refractivity contribution < 1.29 is 19.1 Å². The van der Waals surface area contributed by atoms with Crippen LogP contribution in [0.4, 0.5) is 0 Å². The third-order valence-corrected chi connectivity index (χ3v) is 5.27. The second kappa shape index (κ2) is 10.9. The van der Waals surface area contributed by atoms with Gasteiger partial charge in [-0.2, -0.15) is 0 Å². The number of hydrogen-bond donors (Lipinski definition) is 0. The van der Waals surface area contributed by atoms with Crippen molar-refractivity contribution >= 4 is 11.9 Å².